The molecular weight excluding hydrogens is 298 g/mol. The van der Waals surface area contributed by atoms with Crippen molar-refractivity contribution >= 4 is 5.91 Å². The predicted molar refractivity (Wildman–Crippen MR) is 99.4 cm³/mol. The minimum Gasteiger partial charge on any atom is -0.489 e. The lowest BCUT2D eigenvalue weighted by Crippen LogP contribution is -2.39. The summed E-state index contributed by atoms with van der Waals surface area (Å²) in [7, 11) is 0. The summed E-state index contributed by atoms with van der Waals surface area (Å²) >= 11 is 0. The number of rotatable bonds is 5. The summed E-state index contributed by atoms with van der Waals surface area (Å²) in [5.74, 6) is 1.54. The largest absolute Gasteiger partial charge is 0.489 e. The Morgan fingerprint density at radius 1 is 1.17 bits per heavy atom. The fraction of sp³-hybridized carbons (Fsp3) is 0.571. The molecular formula is C21H31NO2. The van der Waals surface area contributed by atoms with Crippen LogP contribution < -0.4 is 10.1 Å². The van der Waals surface area contributed by atoms with Crippen molar-refractivity contribution in [3.63, 3.8) is 0 Å². The van der Waals surface area contributed by atoms with Gasteiger partial charge < -0.3 is 10.1 Å². The third-order valence-corrected chi connectivity index (χ3v) is 4.89. The lowest BCUT2D eigenvalue weighted by atomic mass is 9.71. The second-order valence-corrected chi connectivity index (χ2v) is 8.16. The summed E-state index contributed by atoms with van der Waals surface area (Å²) in [6.07, 6.45) is 4.55. The van der Waals surface area contributed by atoms with Gasteiger partial charge in [-0.3, -0.25) is 4.79 Å². The zero-order chi connectivity index (χ0) is 17.7. The van der Waals surface area contributed by atoms with Crippen molar-refractivity contribution in [1.29, 1.82) is 0 Å². The Bertz CT molecular complexity index is 560. The zero-order valence-electron chi connectivity index (χ0n) is 15.5. The first-order valence-electron chi connectivity index (χ1n) is 8.94. The molecule has 0 aliphatic heterocycles. The molecule has 3 heteroatoms. The Labute approximate surface area is 146 Å². The van der Waals surface area contributed by atoms with Crippen LogP contribution in [0.2, 0.25) is 0 Å². The first kappa shape index (κ1) is 18.6. The summed E-state index contributed by atoms with van der Waals surface area (Å²) < 4.78 is 5.56. The number of hydrogen-bond acceptors (Lipinski definition) is 2. The van der Waals surface area contributed by atoms with E-state index in [0.29, 0.717) is 23.6 Å². The second-order valence-electron chi connectivity index (χ2n) is 8.16. The molecule has 0 heterocycles. The lowest BCUT2D eigenvalue weighted by Gasteiger charge is -2.37. The quantitative estimate of drug-likeness (QED) is 0.774. The highest BCUT2D eigenvalue weighted by Crippen LogP contribution is 2.37. The number of amides is 1. The SMILES string of the molecule is C=C(C)COc1ccc(C(=O)NC2CCC(C(C)(C)C)CC2)cc1. The van der Waals surface area contributed by atoms with E-state index in [9.17, 15) is 4.79 Å². The minimum atomic E-state index is 0.0145. The molecule has 1 N–H and O–H groups in total. The average Bonchev–Trinajstić information content (AvgIpc) is 2.53. The molecule has 0 unspecified atom stereocenters. The molecule has 24 heavy (non-hydrogen) atoms. The van der Waals surface area contributed by atoms with Crippen molar-refractivity contribution in [3.05, 3.63) is 42.0 Å². The molecule has 2 rings (SSSR count). The summed E-state index contributed by atoms with van der Waals surface area (Å²) in [5, 5.41) is 3.18. The maximum atomic E-state index is 12.4. The van der Waals surface area contributed by atoms with Crippen molar-refractivity contribution in [1.82, 2.24) is 5.32 Å². The van der Waals surface area contributed by atoms with Gasteiger partial charge in [-0.25, -0.2) is 0 Å². The third-order valence-electron chi connectivity index (χ3n) is 4.89. The minimum absolute atomic E-state index is 0.0145. The van der Waals surface area contributed by atoms with E-state index in [4.69, 9.17) is 4.74 Å². The molecule has 0 atom stereocenters. The van der Waals surface area contributed by atoms with Crippen LogP contribution in [0.15, 0.2) is 36.4 Å². The van der Waals surface area contributed by atoms with Gasteiger partial charge in [-0.05, 0) is 73.8 Å². The molecule has 3 nitrogen and oxygen atoms in total. The maximum absolute atomic E-state index is 12.4. The third kappa shape index (κ3) is 5.40. The van der Waals surface area contributed by atoms with E-state index in [1.807, 2.05) is 31.2 Å². The van der Waals surface area contributed by atoms with Crippen LogP contribution in [0, 0.1) is 11.3 Å². The molecule has 132 valence electrons. The van der Waals surface area contributed by atoms with Gasteiger partial charge in [0.1, 0.15) is 12.4 Å². The Morgan fingerprint density at radius 3 is 2.25 bits per heavy atom. The Kier molecular flexibility index (Phi) is 6.09. The van der Waals surface area contributed by atoms with Crippen molar-refractivity contribution < 1.29 is 9.53 Å². The van der Waals surface area contributed by atoms with Gasteiger partial charge in [-0.1, -0.05) is 27.4 Å². The van der Waals surface area contributed by atoms with Crippen LogP contribution in [0.3, 0.4) is 0 Å². The van der Waals surface area contributed by atoms with Crippen LogP contribution >= 0.6 is 0 Å². The second kappa shape index (κ2) is 7.87. The summed E-state index contributed by atoms with van der Waals surface area (Å²) in [5.41, 5.74) is 2.03. The van der Waals surface area contributed by atoms with Crippen LogP contribution in [0.25, 0.3) is 0 Å². The molecule has 0 spiro atoms. The van der Waals surface area contributed by atoms with E-state index in [2.05, 4.69) is 32.7 Å². The fourth-order valence-electron chi connectivity index (χ4n) is 3.28. The Hall–Kier alpha value is -1.77. The predicted octanol–water partition coefficient (Wildman–Crippen LogP) is 4.98. The van der Waals surface area contributed by atoms with Gasteiger partial charge in [-0.2, -0.15) is 0 Å². The van der Waals surface area contributed by atoms with Crippen LogP contribution in [-0.4, -0.2) is 18.6 Å². The van der Waals surface area contributed by atoms with Crippen LogP contribution in [0.1, 0.15) is 63.7 Å². The summed E-state index contributed by atoms with van der Waals surface area (Å²) in [4.78, 5) is 12.4. The monoisotopic (exact) mass is 329 g/mol. The van der Waals surface area contributed by atoms with Gasteiger partial charge >= 0.3 is 0 Å². The highest BCUT2D eigenvalue weighted by molar-refractivity contribution is 5.94. The molecule has 1 amide bonds. The van der Waals surface area contributed by atoms with E-state index < -0.39 is 0 Å². The highest BCUT2D eigenvalue weighted by Gasteiger charge is 2.30. The standard InChI is InChI=1S/C21H31NO2/c1-15(2)14-24-19-12-6-16(7-13-19)20(23)22-18-10-8-17(9-11-18)21(3,4)5/h6-7,12-13,17-18H,1,8-11,14H2,2-5H3,(H,22,23). The Morgan fingerprint density at radius 2 is 1.75 bits per heavy atom. The van der Waals surface area contributed by atoms with Crippen molar-refractivity contribution in [3.8, 4) is 5.75 Å². The van der Waals surface area contributed by atoms with Gasteiger partial charge in [0.25, 0.3) is 5.91 Å². The molecule has 0 aromatic heterocycles. The van der Waals surface area contributed by atoms with Crippen molar-refractivity contribution in [2.24, 2.45) is 11.3 Å². The molecule has 0 radical (unpaired) electrons. The van der Waals surface area contributed by atoms with E-state index in [1.54, 1.807) is 0 Å². The fourth-order valence-corrected chi connectivity index (χ4v) is 3.28. The van der Waals surface area contributed by atoms with Gasteiger partial charge in [0.2, 0.25) is 0 Å². The van der Waals surface area contributed by atoms with Crippen LogP contribution in [0.5, 0.6) is 5.75 Å². The van der Waals surface area contributed by atoms with Gasteiger partial charge in [0.15, 0.2) is 0 Å². The van der Waals surface area contributed by atoms with E-state index in [0.717, 1.165) is 30.1 Å². The highest BCUT2D eigenvalue weighted by atomic mass is 16.5. The lowest BCUT2D eigenvalue weighted by molar-refractivity contribution is 0.0904. The summed E-state index contributed by atoms with van der Waals surface area (Å²) in [6, 6.07) is 7.63. The summed E-state index contributed by atoms with van der Waals surface area (Å²) in [6.45, 7) is 13.2. The number of carbonyl (C=O) groups excluding carboxylic acids is 1. The molecule has 1 aromatic carbocycles. The maximum Gasteiger partial charge on any atom is 0.251 e. The van der Waals surface area contributed by atoms with E-state index in [1.165, 1.54) is 12.8 Å². The van der Waals surface area contributed by atoms with Crippen molar-refractivity contribution in [2.45, 2.75) is 59.4 Å². The number of carbonyl (C=O) groups is 1. The number of ether oxygens (including phenoxy) is 1. The molecule has 0 saturated heterocycles. The Balaban J connectivity index is 1.84. The first-order valence-corrected chi connectivity index (χ1v) is 8.94. The molecule has 1 aliphatic carbocycles. The molecule has 1 aliphatic rings. The zero-order valence-corrected chi connectivity index (χ0v) is 15.5. The van der Waals surface area contributed by atoms with Crippen LogP contribution in [0.4, 0.5) is 0 Å². The van der Waals surface area contributed by atoms with E-state index >= 15 is 0 Å². The van der Waals surface area contributed by atoms with Crippen LogP contribution in [-0.2, 0) is 0 Å². The first-order chi connectivity index (χ1) is 11.3. The smallest absolute Gasteiger partial charge is 0.251 e. The molecule has 1 fully saturated rings. The van der Waals surface area contributed by atoms with Crippen molar-refractivity contribution in [2.75, 3.05) is 6.61 Å². The number of nitrogens with one attached hydrogen (secondary N) is 1. The van der Waals surface area contributed by atoms with Gasteiger partial charge in [0.05, 0.1) is 0 Å². The average molecular weight is 329 g/mol. The van der Waals surface area contributed by atoms with Gasteiger partial charge in [0, 0.05) is 11.6 Å². The number of hydrogen-bond donors (Lipinski definition) is 1. The van der Waals surface area contributed by atoms with E-state index in [-0.39, 0.29) is 5.91 Å². The molecule has 1 aromatic rings. The normalized spacial score (nSPS) is 21.2. The molecule has 0 bridgehead atoms. The van der Waals surface area contributed by atoms with Gasteiger partial charge in [-0.15, -0.1) is 0 Å². The molecule has 1 saturated carbocycles. The number of benzene rings is 1. The topological polar surface area (TPSA) is 38.3 Å².